The highest BCUT2D eigenvalue weighted by molar-refractivity contribution is 7.09. The first-order valence-electron chi connectivity index (χ1n) is 18.2. The molecule has 2 aromatic heterocycles. The van der Waals surface area contributed by atoms with Gasteiger partial charge < -0.3 is 30.2 Å². The van der Waals surface area contributed by atoms with Crippen molar-refractivity contribution in [3.8, 4) is 0 Å². The molecule has 3 amide bonds. The molecule has 4 aromatic rings. The van der Waals surface area contributed by atoms with E-state index < -0.39 is 18.2 Å². The fourth-order valence-corrected chi connectivity index (χ4v) is 7.32. The molecule has 1 aliphatic heterocycles. The van der Waals surface area contributed by atoms with Crippen molar-refractivity contribution in [1.82, 2.24) is 30.8 Å². The highest BCUT2D eigenvalue weighted by Crippen LogP contribution is 2.20. The normalized spacial score (nSPS) is 14.9. The molecule has 53 heavy (non-hydrogen) atoms. The quantitative estimate of drug-likeness (QED) is 0.104. The summed E-state index contributed by atoms with van der Waals surface area (Å²) in [5.74, 6) is -0.00417. The van der Waals surface area contributed by atoms with Crippen molar-refractivity contribution < 1.29 is 28.6 Å². The van der Waals surface area contributed by atoms with Gasteiger partial charge in [-0.2, -0.15) is 0 Å². The Bertz CT molecular complexity index is 1670. The van der Waals surface area contributed by atoms with Gasteiger partial charge in [0.05, 0.1) is 34.3 Å². The number of benzene rings is 2. The standard InChI is InChI=1S/C39H50N6O6S2/c1-28(2)37-42-33(26-52-37)24-50-39(48)44-35(15-16-45-17-19-49-20-18-45)36(46)41-31(21-29-9-5-3-6-10-29)13-14-32(22-30-11-7-4-8-12-30)43-38(47)51-25-34-23-40-27-53-34/h3-12,23,26-28,31-32,35H,13-22,24-25H2,1-2H3,(H,41,46)(H,43,47)(H,44,48). The third-order valence-corrected chi connectivity index (χ3v) is 10.8. The van der Waals surface area contributed by atoms with Gasteiger partial charge in [-0.25, -0.2) is 14.6 Å². The molecule has 12 nitrogen and oxygen atoms in total. The number of thiazole rings is 2. The smallest absolute Gasteiger partial charge is 0.408 e. The maximum absolute atomic E-state index is 14.1. The van der Waals surface area contributed by atoms with Crippen LogP contribution in [0.5, 0.6) is 0 Å². The summed E-state index contributed by atoms with van der Waals surface area (Å²) < 4.78 is 16.6. The van der Waals surface area contributed by atoms with E-state index in [1.165, 1.54) is 22.7 Å². The van der Waals surface area contributed by atoms with Crippen LogP contribution in [0.4, 0.5) is 9.59 Å². The maximum atomic E-state index is 14.1. The second kappa shape index (κ2) is 21.4. The van der Waals surface area contributed by atoms with Crippen LogP contribution >= 0.6 is 22.7 Å². The molecule has 14 heteroatoms. The number of hydrogen-bond donors (Lipinski definition) is 3. The van der Waals surface area contributed by atoms with Gasteiger partial charge in [0.2, 0.25) is 5.91 Å². The summed E-state index contributed by atoms with van der Waals surface area (Å²) in [7, 11) is 0. The Morgan fingerprint density at radius 1 is 0.811 bits per heavy atom. The van der Waals surface area contributed by atoms with Crippen LogP contribution in [0.2, 0.25) is 0 Å². The molecule has 3 atom stereocenters. The lowest BCUT2D eigenvalue weighted by Gasteiger charge is -2.29. The molecule has 1 aliphatic rings. The summed E-state index contributed by atoms with van der Waals surface area (Å²) in [6, 6.07) is 18.6. The van der Waals surface area contributed by atoms with Gasteiger partial charge in [0.25, 0.3) is 0 Å². The van der Waals surface area contributed by atoms with E-state index in [-0.39, 0.29) is 37.1 Å². The zero-order valence-electron chi connectivity index (χ0n) is 30.4. The van der Waals surface area contributed by atoms with Gasteiger partial charge in [-0.1, -0.05) is 74.5 Å². The Kier molecular flexibility index (Phi) is 16.1. The summed E-state index contributed by atoms with van der Waals surface area (Å²) >= 11 is 2.96. The van der Waals surface area contributed by atoms with Gasteiger partial charge in [0.15, 0.2) is 0 Å². The van der Waals surface area contributed by atoms with Crippen LogP contribution in [0.3, 0.4) is 0 Å². The van der Waals surface area contributed by atoms with Crippen LogP contribution < -0.4 is 16.0 Å². The number of carbonyl (C=O) groups excluding carboxylic acids is 3. The molecule has 0 radical (unpaired) electrons. The monoisotopic (exact) mass is 762 g/mol. The van der Waals surface area contributed by atoms with Gasteiger partial charge in [-0.15, -0.1) is 22.7 Å². The molecule has 3 heterocycles. The van der Waals surface area contributed by atoms with Crippen molar-refractivity contribution in [2.75, 3.05) is 32.8 Å². The van der Waals surface area contributed by atoms with E-state index in [1.54, 1.807) is 11.7 Å². The summed E-state index contributed by atoms with van der Waals surface area (Å²) in [5.41, 5.74) is 4.52. The minimum Gasteiger partial charge on any atom is -0.444 e. The lowest BCUT2D eigenvalue weighted by molar-refractivity contribution is -0.124. The van der Waals surface area contributed by atoms with Gasteiger partial charge in [0.1, 0.15) is 19.3 Å². The number of amides is 3. The molecule has 3 unspecified atom stereocenters. The van der Waals surface area contributed by atoms with E-state index in [9.17, 15) is 14.4 Å². The average Bonchev–Trinajstić information content (AvgIpc) is 3.88. The molecule has 1 saturated heterocycles. The van der Waals surface area contributed by atoms with Gasteiger partial charge in [-0.05, 0) is 43.2 Å². The lowest BCUT2D eigenvalue weighted by atomic mass is 9.95. The van der Waals surface area contributed by atoms with E-state index >= 15 is 0 Å². The van der Waals surface area contributed by atoms with Crippen molar-refractivity contribution in [2.45, 2.75) is 83.2 Å². The number of hydrogen-bond acceptors (Lipinski definition) is 11. The summed E-state index contributed by atoms with van der Waals surface area (Å²) in [5, 5.41) is 12.0. The summed E-state index contributed by atoms with van der Waals surface area (Å²) in [6.45, 7) is 7.71. The maximum Gasteiger partial charge on any atom is 0.408 e. The molecule has 3 N–H and O–H groups in total. The van der Waals surface area contributed by atoms with Crippen molar-refractivity contribution in [2.24, 2.45) is 0 Å². The zero-order valence-corrected chi connectivity index (χ0v) is 32.0. The number of nitrogens with one attached hydrogen (secondary N) is 3. The lowest BCUT2D eigenvalue weighted by Crippen LogP contribution is -2.52. The van der Waals surface area contributed by atoms with Crippen molar-refractivity contribution >= 4 is 40.8 Å². The highest BCUT2D eigenvalue weighted by atomic mass is 32.1. The third kappa shape index (κ3) is 14.2. The van der Waals surface area contributed by atoms with Crippen molar-refractivity contribution in [1.29, 1.82) is 0 Å². The molecule has 284 valence electrons. The Hall–Kier alpha value is -4.37. The molecular weight excluding hydrogens is 713 g/mol. The zero-order chi connectivity index (χ0) is 37.3. The molecule has 0 aliphatic carbocycles. The summed E-state index contributed by atoms with van der Waals surface area (Å²) in [6.07, 6.45) is 3.21. The van der Waals surface area contributed by atoms with Crippen LogP contribution in [0.1, 0.15) is 65.7 Å². The Morgan fingerprint density at radius 2 is 1.43 bits per heavy atom. The van der Waals surface area contributed by atoms with Crippen molar-refractivity contribution in [3.05, 3.63) is 104 Å². The van der Waals surface area contributed by atoms with E-state index in [0.717, 1.165) is 34.1 Å². The predicted octanol–water partition coefficient (Wildman–Crippen LogP) is 6.09. The number of nitrogens with zero attached hydrogens (tertiary/aromatic N) is 3. The van der Waals surface area contributed by atoms with Gasteiger partial charge in [-0.3, -0.25) is 14.7 Å². The highest BCUT2D eigenvalue weighted by Gasteiger charge is 2.27. The van der Waals surface area contributed by atoms with Crippen LogP contribution in [-0.2, 0) is 45.1 Å². The molecule has 0 bridgehead atoms. The number of carbonyl (C=O) groups is 3. The molecule has 0 spiro atoms. The van der Waals surface area contributed by atoms with Crippen molar-refractivity contribution in [3.63, 3.8) is 0 Å². The van der Waals surface area contributed by atoms with Gasteiger partial charge in [0, 0.05) is 49.2 Å². The minimum absolute atomic E-state index is 0.0198. The minimum atomic E-state index is -0.828. The summed E-state index contributed by atoms with van der Waals surface area (Å²) in [4.78, 5) is 51.8. The predicted molar refractivity (Wildman–Crippen MR) is 206 cm³/mol. The second-order valence-electron chi connectivity index (χ2n) is 13.4. The Labute approximate surface area is 319 Å². The average molecular weight is 763 g/mol. The first kappa shape index (κ1) is 39.8. The largest absolute Gasteiger partial charge is 0.444 e. The fourth-order valence-electron chi connectivity index (χ4n) is 5.99. The Morgan fingerprint density at radius 3 is 2.04 bits per heavy atom. The fraction of sp³-hybridized carbons (Fsp3) is 0.462. The first-order valence-corrected chi connectivity index (χ1v) is 19.9. The van der Waals surface area contributed by atoms with E-state index in [4.69, 9.17) is 14.2 Å². The van der Waals surface area contributed by atoms with Crippen LogP contribution in [0.15, 0.2) is 77.8 Å². The molecule has 5 rings (SSSR count). The number of ether oxygens (including phenoxy) is 3. The number of aromatic nitrogens is 2. The van der Waals surface area contributed by atoms with Crippen LogP contribution in [-0.4, -0.2) is 83.9 Å². The molecule has 1 fully saturated rings. The number of alkyl carbamates (subject to hydrolysis) is 2. The second-order valence-corrected chi connectivity index (χ2v) is 15.3. The van der Waals surface area contributed by atoms with Gasteiger partial charge >= 0.3 is 12.2 Å². The molecule has 2 aromatic carbocycles. The first-order chi connectivity index (χ1) is 25.8. The van der Waals surface area contributed by atoms with Crippen LogP contribution in [0, 0.1) is 0 Å². The number of morpholine rings is 1. The molecule has 0 saturated carbocycles. The Balaban J connectivity index is 1.26. The topological polar surface area (TPSA) is 144 Å². The van der Waals surface area contributed by atoms with Crippen LogP contribution in [0.25, 0.3) is 0 Å². The third-order valence-electron chi connectivity index (χ3n) is 8.87. The molecular formula is C39H50N6O6S2. The van der Waals surface area contributed by atoms with E-state index in [0.29, 0.717) is 57.6 Å². The van der Waals surface area contributed by atoms with E-state index in [2.05, 4.69) is 44.7 Å². The number of rotatable bonds is 19. The SMILES string of the molecule is CC(C)c1nc(COC(=O)NC(CCN2CCOCC2)C(=O)NC(CCC(Cc2ccccc2)NC(=O)OCc2cncs2)Cc2ccccc2)cs1. The van der Waals surface area contributed by atoms with E-state index in [1.807, 2.05) is 66.0 Å².